The molecule has 3 nitrogen and oxygen atoms in total. The predicted molar refractivity (Wildman–Crippen MR) is 48.9 cm³/mol. The van der Waals surface area contributed by atoms with Gasteiger partial charge in [-0.05, 0) is 25.8 Å². The Labute approximate surface area is 74.5 Å². The van der Waals surface area contributed by atoms with Crippen molar-refractivity contribution in [1.29, 1.82) is 0 Å². The van der Waals surface area contributed by atoms with E-state index in [0.29, 0.717) is 5.92 Å². The molecule has 0 aliphatic rings. The third kappa shape index (κ3) is 4.34. The SMILES string of the molecule is CNC(CCC(C)C)C(=O)OC. The van der Waals surface area contributed by atoms with Gasteiger partial charge in [0.2, 0.25) is 0 Å². The molecule has 0 bridgehead atoms. The highest BCUT2D eigenvalue weighted by atomic mass is 16.5. The van der Waals surface area contributed by atoms with Crippen LogP contribution in [0, 0.1) is 5.92 Å². The lowest BCUT2D eigenvalue weighted by molar-refractivity contribution is -0.143. The van der Waals surface area contributed by atoms with Crippen LogP contribution in [-0.2, 0) is 9.53 Å². The van der Waals surface area contributed by atoms with Gasteiger partial charge in [0.05, 0.1) is 7.11 Å². The second-order valence-corrected chi connectivity index (χ2v) is 3.34. The van der Waals surface area contributed by atoms with Crippen LogP contribution in [0.2, 0.25) is 0 Å². The number of likely N-dealkylation sites (N-methyl/N-ethyl adjacent to an activating group) is 1. The zero-order valence-corrected chi connectivity index (χ0v) is 8.39. The average molecular weight is 173 g/mol. The van der Waals surface area contributed by atoms with Crippen molar-refractivity contribution in [2.45, 2.75) is 32.7 Å². The number of ether oxygens (including phenoxy) is 1. The highest BCUT2D eigenvalue weighted by Crippen LogP contribution is 2.07. The summed E-state index contributed by atoms with van der Waals surface area (Å²) >= 11 is 0. The molecule has 0 rings (SSSR count). The summed E-state index contributed by atoms with van der Waals surface area (Å²) in [7, 11) is 3.20. The van der Waals surface area contributed by atoms with Crippen LogP contribution >= 0.6 is 0 Å². The summed E-state index contributed by atoms with van der Waals surface area (Å²) in [4.78, 5) is 11.1. The maximum Gasteiger partial charge on any atom is 0.322 e. The van der Waals surface area contributed by atoms with E-state index in [-0.39, 0.29) is 12.0 Å². The van der Waals surface area contributed by atoms with Gasteiger partial charge in [0.15, 0.2) is 0 Å². The molecule has 0 aliphatic heterocycles. The van der Waals surface area contributed by atoms with Gasteiger partial charge in [0.25, 0.3) is 0 Å². The zero-order valence-electron chi connectivity index (χ0n) is 8.39. The molecule has 0 amide bonds. The first-order valence-electron chi connectivity index (χ1n) is 4.37. The van der Waals surface area contributed by atoms with E-state index in [0.717, 1.165) is 12.8 Å². The fourth-order valence-corrected chi connectivity index (χ4v) is 1.02. The quantitative estimate of drug-likeness (QED) is 0.634. The molecular weight excluding hydrogens is 154 g/mol. The van der Waals surface area contributed by atoms with E-state index in [2.05, 4.69) is 23.9 Å². The Morgan fingerprint density at radius 3 is 2.33 bits per heavy atom. The third-order valence-corrected chi connectivity index (χ3v) is 1.87. The van der Waals surface area contributed by atoms with Gasteiger partial charge in [-0.1, -0.05) is 13.8 Å². The van der Waals surface area contributed by atoms with Crippen LogP contribution in [-0.4, -0.2) is 26.2 Å². The molecular formula is C9H19NO2. The number of carbonyl (C=O) groups is 1. The average Bonchev–Trinajstić information content (AvgIpc) is 2.04. The van der Waals surface area contributed by atoms with Gasteiger partial charge >= 0.3 is 5.97 Å². The summed E-state index contributed by atoms with van der Waals surface area (Å²) in [6.45, 7) is 4.29. The van der Waals surface area contributed by atoms with Gasteiger partial charge < -0.3 is 10.1 Å². The van der Waals surface area contributed by atoms with Gasteiger partial charge in [-0.3, -0.25) is 4.79 Å². The smallest absolute Gasteiger partial charge is 0.322 e. The van der Waals surface area contributed by atoms with Crippen LogP contribution in [0.4, 0.5) is 0 Å². The minimum absolute atomic E-state index is 0.141. The molecule has 0 saturated carbocycles. The fraction of sp³-hybridized carbons (Fsp3) is 0.889. The third-order valence-electron chi connectivity index (χ3n) is 1.87. The van der Waals surface area contributed by atoms with Gasteiger partial charge in [-0.25, -0.2) is 0 Å². The highest BCUT2D eigenvalue weighted by Gasteiger charge is 2.16. The lowest BCUT2D eigenvalue weighted by Gasteiger charge is -2.14. The van der Waals surface area contributed by atoms with Gasteiger partial charge in [0, 0.05) is 0 Å². The second kappa shape index (κ2) is 6.00. The van der Waals surface area contributed by atoms with Gasteiger partial charge in [0.1, 0.15) is 6.04 Å². The van der Waals surface area contributed by atoms with Crippen LogP contribution < -0.4 is 5.32 Å². The summed E-state index contributed by atoms with van der Waals surface area (Å²) in [5.74, 6) is 0.462. The van der Waals surface area contributed by atoms with Crippen LogP contribution in [0.15, 0.2) is 0 Å². The predicted octanol–water partition coefficient (Wildman–Crippen LogP) is 1.18. The topological polar surface area (TPSA) is 38.3 Å². The van der Waals surface area contributed by atoms with Crippen LogP contribution in [0.5, 0.6) is 0 Å². The standard InChI is InChI=1S/C9H19NO2/c1-7(2)5-6-8(10-3)9(11)12-4/h7-8,10H,5-6H2,1-4H3. The molecule has 0 heterocycles. The van der Waals surface area contributed by atoms with E-state index < -0.39 is 0 Å². The maximum absolute atomic E-state index is 11.1. The van der Waals surface area contributed by atoms with Crippen molar-refractivity contribution >= 4 is 5.97 Å². The number of hydrogen-bond acceptors (Lipinski definition) is 3. The molecule has 0 fully saturated rings. The summed E-state index contributed by atoms with van der Waals surface area (Å²) < 4.78 is 4.63. The Morgan fingerprint density at radius 1 is 1.42 bits per heavy atom. The van der Waals surface area contributed by atoms with Crippen LogP contribution in [0.1, 0.15) is 26.7 Å². The molecule has 3 heteroatoms. The highest BCUT2D eigenvalue weighted by molar-refractivity contribution is 5.75. The van der Waals surface area contributed by atoms with Gasteiger partial charge in [-0.2, -0.15) is 0 Å². The van der Waals surface area contributed by atoms with Gasteiger partial charge in [-0.15, -0.1) is 0 Å². The zero-order chi connectivity index (χ0) is 9.56. The van der Waals surface area contributed by atoms with E-state index in [1.807, 2.05) is 0 Å². The number of esters is 1. The lowest BCUT2D eigenvalue weighted by Crippen LogP contribution is -2.35. The van der Waals surface area contributed by atoms with Crippen LogP contribution in [0.3, 0.4) is 0 Å². The number of carbonyl (C=O) groups excluding carboxylic acids is 1. The molecule has 12 heavy (non-hydrogen) atoms. The molecule has 0 aromatic carbocycles. The molecule has 72 valence electrons. The monoisotopic (exact) mass is 173 g/mol. The lowest BCUT2D eigenvalue weighted by atomic mass is 10.0. The normalized spacial score (nSPS) is 13.1. The fourth-order valence-electron chi connectivity index (χ4n) is 1.02. The van der Waals surface area contributed by atoms with E-state index in [1.54, 1.807) is 7.05 Å². The Morgan fingerprint density at radius 2 is 2.00 bits per heavy atom. The molecule has 1 atom stereocenters. The van der Waals surface area contributed by atoms with Crippen molar-refractivity contribution in [3.8, 4) is 0 Å². The van der Waals surface area contributed by atoms with Crippen molar-refractivity contribution < 1.29 is 9.53 Å². The number of hydrogen-bond donors (Lipinski definition) is 1. The van der Waals surface area contributed by atoms with E-state index >= 15 is 0 Å². The van der Waals surface area contributed by atoms with Crippen molar-refractivity contribution in [2.24, 2.45) is 5.92 Å². The molecule has 0 aromatic heterocycles. The molecule has 1 unspecified atom stereocenters. The van der Waals surface area contributed by atoms with Crippen LogP contribution in [0.25, 0.3) is 0 Å². The maximum atomic E-state index is 11.1. The Kier molecular flexibility index (Phi) is 5.72. The number of methoxy groups -OCH3 is 1. The summed E-state index contributed by atoms with van der Waals surface area (Å²) in [5, 5.41) is 2.93. The first-order valence-corrected chi connectivity index (χ1v) is 4.37. The molecule has 1 N–H and O–H groups in total. The second-order valence-electron chi connectivity index (χ2n) is 3.34. The molecule has 0 spiro atoms. The molecule has 0 saturated heterocycles. The number of nitrogens with one attached hydrogen (secondary N) is 1. The van der Waals surface area contributed by atoms with Crippen molar-refractivity contribution in [1.82, 2.24) is 5.32 Å². The van der Waals surface area contributed by atoms with E-state index in [4.69, 9.17) is 0 Å². The first-order chi connectivity index (χ1) is 5.61. The Hall–Kier alpha value is -0.570. The van der Waals surface area contributed by atoms with Crippen molar-refractivity contribution in [3.05, 3.63) is 0 Å². The summed E-state index contributed by atoms with van der Waals surface area (Å²) in [5.41, 5.74) is 0. The largest absolute Gasteiger partial charge is 0.468 e. The molecule has 0 radical (unpaired) electrons. The summed E-state index contributed by atoms with van der Waals surface area (Å²) in [6.07, 6.45) is 1.89. The minimum Gasteiger partial charge on any atom is -0.468 e. The Balaban J connectivity index is 3.75. The van der Waals surface area contributed by atoms with E-state index in [1.165, 1.54) is 7.11 Å². The van der Waals surface area contributed by atoms with Crippen molar-refractivity contribution in [2.75, 3.05) is 14.2 Å². The minimum atomic E-state index is -0.168. The number of rotatable bonds is 5. The van der Waals surface area contributed by atoms with Crippen molar-refractivity contribution in [3.63, 3.8) is 0 Å². The first kappa shape index (κ1) is 11.4. The summed E-state index contributed by atoms with van der Waals surface area (Å²) in [6, 6.07) is -0.141. The molecule has 0 aromatic rings. The molecule has 0 aliphatic carbocycles. The van der Waals surface area contributed by atoms with E-state index in [9.17, 15) is 4.79 Å². The Bertz CT molecular complexity index is 134.